The van der Waals surface area contributed by atoms with Crippen LogP contribution in [0.1, 0.15) is 6.92 Å². The molecule has 0 saturated carbocycles. The van der Waals surface area contributed by atoms with Crippen molar-refractivity contribution in [2.24, 2.45) is 5.92 Å². The molecule has 0 radical (unpaired) electrons. The summed E-state index contributed by atoms with van der Waals surface area (Å²) < 4.78 is 44.8. The molecule has 10 atom stereocenters. The summed E-state index contributed by atoms with van der Waals surface area (Å²) in [6.07, 6.45) is -10.2. The van der Waals surface area contributed by atoms with E-state index in [-0.39, 0.29) is 17.5 Å². The minimum Gasteiger partial charge on any atom is -0.468 e. The van der Waals surface area contributed by atoms with Gasteiger partial charge in [-0.15, -0.1) is 0 Å². The first-order chi connectivity index (χ1) is 16.4. The lowest BCUT2D eigenvalue weighted by atomic mass is 9.94. The Morgan fingerprint density at radius 2 is 1.26 bits per heavy atom. The van der Waals surface area contributed by atoms with Crippen LogP contribution in [0.5, 0.6) is 0 Å². The highest BCUT2D eigenvalue weighted by molar-refractivity contribution is 8.11. The number of ether oxygens (including phenoxy) is 8. The fourth-order valence-corrected chi connectivity index (χ4v) is 4.46. The third kappa shape index (κ3) is 8.87. The van der Waals surface area contributed by atoms with Crippen molar-refractivity contribution in [1.29, 1.82) is 0 Å². The summed E-state index contributed by atoms with van der Waals surface area (Å²) in [4.78, 5) is 0. The van der Waals surface area contributed by atoms with Gasteiger partial charge >= 0.3 is 0 Å². The molecule has 2 saturated heterocycles. The monoisotopic (exact) mass is 644 g/mol. The molecule has 35 heavy (non-hydrogen) atoms. The van der Waals surface area contributed by atoms with Crippen LogP contribution in [0.3, 0.4) is 0 Å². The van der Waals surface area contributed by atoms with Gasteiger partial charge in [-0.1, -0.05) is 57.4 Å². The normalized spacial score (nSPS) is 37.1. The molecule has 2 aliphatic heterocycles. The zero-order valence-electron chi connectivity index (χ0n) is 18.1. The van der Waals surface area contributed by atoms with E-state index in [0.717, 1.165) is 0 Å². The summed E-state index contributed by atoms with van der Waals surface area (Å²) in [6.45, 7) is 1.10. The van der Waals surface area contributed by atoms with E-state index in [0.29, 0.717) is 0 Å². The minimum absolute atomic E-state index is 0.119. The van der Waals surface area contributed by atoms with E-state index in [4.69, 9.17) is 86.8 Å². The van der Waals surface area contributed by atoms with E-state index in [9.17, 15) is 10.2 Å². The van der Waals surface area contributed by atoms with Gasteiger partial charge < -0.3 is 48.1 Å². The average Bonchev–Trinajstić information content (AvgIpc) is 2.75. The van der Waals surface area contributed by atoms with Crippen LogP contribution in [0.15, 0.2) is 0 Å². The number of hydrogen-bond donors (Lipinski definition) is 6. The van der Waals surface area contributed by atoms with E-state index in [1.165, 1.54) is 7.11 Å². The number of aliphatic hydroxyl groups is 2. The standard InChI is InChI=1S/C17H24O10S8/c1-4-6(19)8(23-14(28)29)13(26-11(4)27-17(34)35)22-7-5(3-18)21-12(20-2)10(25-16(32)33)9(7)24-15(30)31/h4-13,18-19H,3H2,1-2H3,(H,28,29)(H,30,31)(H,32,33)(H,34,35). The van der Waals surface area contributed by atoms with Gasteiger partial charge in [0.2, 0.25) is 30.1 Å². The molecule has 0 aromatic heterocycles. The number of thiol groups is 4. The Kier molecular flexibility index (Phi) is 13.5. The molecule has 10 nitrogen and oxygen atoms in total. The van der Waals surface area contributed by atoms with Crippen LogP contribution in [0, 0.1) is 5.92 Å². The van der Waals surface area contributed by atoms with Crippen molar-refractivity contribution in [1.82, 2.24) is 0 Å². The molecule has 2 fully saturated rings. The van der Waals surface area contributed by atoms with E-state index in [1.807, 2.05) is 0 Å². The van der Waals surface area contributed by atoms with Crippen molar-refractivity contribution >= 4 is 117 Å². The fourth-order valence-electron chi connectivity index (χ4n) is 3.57. The van der Waals surface area contributed by atoms with Gasteiger partial charge in [0.05, 0.1) is 6.61 Å². The molecule has 2 aliphatic rings. The third-order valence-corrected chi connectivity index (χ3v) is 5.87. The van der Waals surface area contributed by atoms with E-state index in [1.54, 1.807) is 6.92 Å². The minimum atomic E-state index is -1.36. The Bertz CT molecular complexity index is 790. The van der Waals surface area contributed by atoms with E-state index >= 15 is 0 Å². The van der Waals surface area contributed by atoms with E-state index < -0.39 is 68.0 Å². The molecule has 200 valence electrons. The smallest absolute Gasteiger partial charge is 0.219 e. The fraction of sp³-hybridized carbons (Fsp3) is 0.765. The Labute approximate surface area is 245 Å². The summed E-state index contributed by atoms with van der Waals surface area (Å²) in [7, 11) is 1.36. The zero-order valence-corrected chi connectivity index (χ0v) is 24.9. The molecule has 18 heteroatoms. The van der Waals surface area contributed by atoms with E-state index in [2.05, 4.69) is 50.5 Å². The predicted molar refractivity (Wildman–Crippen MR) is 154 cm³/mol. The molecule has 0 aromatic rings. The first-order valence-electron chi connectivity index (χ1n) is 9.76. The molecule has 0 bridgehead atoms. The van der Waals surface area contributed by atoms with Gasteiger partial charge in [-0.2, -0.15) is 0 Å². The molecule has 0 aliphatic carbocycles. The van der Waals surface area contributed by atoms with Gasteiger partial charge in [0.1, 0.15) is 18.3 Å². The second-order valence-corrected chi connectivity index (χ2v) is 11.5. The molecular weight excluding hydrogens is 621 g/mol. The van der Waals surface area contributed by atoms with Crippen LogP contribution in [0.4, 0.5) is 0 Å². The molecule has 0 amide bonds. The Morgan fingerprint density at radius 3 is 1.74 bits per heavy atom. The number of thiocarbonyl (C=S) groups is 4. The Hall–Kier alpha value is 0.720. The third-order valence-electron chi connectivity index (χ3n) is 5.06. The van der Waals surface area contributed by atoms with Gasteiger partial charge in [-0.25, -0.2) is 0 Å². The summed E-state index contributed by atoms with van der Waals surface area (Å²) in [5.41, 5.74) is 0. The van der Waals surface area contributed by atoms with Gasteiger partial charge in [0.25, 0.3) is 0 Å². The zero-order chi connectivity index (χ0) is 26.4. The number of rotatable bonds is 8. The Morgan fingerprint density at radius 1 is 0.743 bits per heavy atom. The molecule has 2 heterocycles. The van der Waals surface area contributed by atoms with Crippen LogP contribution in [-0.4, -0.2) is 97.0 Å². The molecule has 2 N–H and O–H groups in total. The van der Waals surface area contributed by atoms with Crippen molar-refractivity contribution in [3.8, 4) is 0 Å². The first-order valence-corrected chi connectivity index (χ1v) is 13.2. The van der Waals surface area contributed by atoms with Gasteiger partial charge in [0.15, 0.2) is 24.6 Å². The van der Waals surface area contributed by atoms with Crippen molar-refractivity contribution in [3.63, 3.8) is 0 Å². The molecule has 2 rings (SSSR count). The summed E-state index contributed by atoms with van der Waals surface area (Å²) in [6, 6.07) is 0. The largest absolute Gasteiger partial charge is 0.468 e. The van der Waals surface area contributed by atoms with Crippen LogP contribution in [-0.2, 0) is 37.9 Å². The maximum Gasteiger partial charge on any atom is 0.219 e. The molecule has 0 aromatic carbocycles. The van der Waals surface area contributed by atoms with Crippen LogP contribution < -0.4 is 0 Å². The Balaban J connectivity index is 2.45. The maximum absolute atomic E-state index is 10.9. The maximum atomic E-state index is 10.9. The summed E-state index contributed by atoms with van der Waals surface area (Å²) in [5.74, 6) is -0.642. The van der Waals surface area contributed by atoms with Crippen molar-refractivity contribution in [2.45, 2.75) is 62.4 Å². The molecule has 10 unspecified atom stereocenters. The van der Waals surface area contributed by atoms with Gasteiger partial charge in [-0.05, 0) is 48.9 Å². The number of methoxy groups -OCH3 is 1. The van der Waals surface area contributed by atoms with Crippen molar-refractivity contribution in [2.75, 3.05) is 13.7 Å². The highest BCUT2D eigenvalue weighted by Gasteiger charge is 2.54. The van der Waals surface area contributed by atoms with Crippen LogP contribution in [0.2, 0.25) is 0 Å². The van der Waals surface area contributed by atoms with Crippen molar-refractivity contribution < 1.29 is 48.1 Å². The van der Waals surface area contributed by atoms with Crippen LogP contribution in [0.25, 0.3) is 0 Å². The molecule has 0 spiro atoms. The van der Waals surface area contributed by atoms with Gasteiger partial charge in [0, 0.05) is 13.0 Å². The number of hydrogen-bond acceptors (Lipinski definition) is 14. The summed E-state index contributed by atoms with van der Waals surface area (Å²) >= 11 is 35.7. The second-order valence-electron chi connectivity index (χ2n) is 7.21. The van der Waals surface area contributed by atoms with Gasteiger partial charge in [-0.3, -0.25) is 0 Å². The predicted octanol–water partition coefficient (Wildman–Crippen LogP) is 1.45. The van der Waals surface area contributed by atoms with Crippen LogP contribution >= 0.6 is 99.4 Å². The summed E-state index contributed by atoms with van der Waals surface area (Å²) in [5, 5.41) is 21.0. The topological polar surface area (TPSA) is 114 Å². The highest BCUT2D eigenvalue weighted by atomic mass is 32.1. The van der Waals surface area contributed by atoms with Crippen molar-refractivity contribution in [3.05, 3.63) is 0 Å². The lowest BCUT2D eigenvalue weighted by Crippen LogP contribution is -2.65. The first kappa shape index (κ1) is 31.9. The SMILES string of the molecule is COC1OC(CO)C(OC2OC(OC(=S)S)C(C)C(O)C2OC(=S)S)C(OC(=S)S)C1OC(=S)S. The second kappa shape index (κ2) is 14.8. The number of aliphatic hydroxyl groups excluding tert-OH is 2. The highest BCUT2D eigenvalue weighted by Crippen LogP contribution is 2.35. The lowest BCUT2D eigenvalue weighted by Gasteiger charge is -2.48. The quantitative estimate of drug-likeness (QED) is 0.169. The molecular formula is C17H24O10S8. The average molecular weight is 645 g/mol. The lowest BCUT2D eigenvalue weighted by molar-refractivity contribution is -0.363.